The monoisotopic (exact) mass is 471 g/mol. The summed E-state index contributed by atoms with van der Waals surface area (Å²) in [7, 11) is 0. The third-order valence-corrected chi connectivity index (χ3v) is 7.93. The Labute approximate surface area is 191 Å². The van der Waals surface area contributed by atoms with Crippen molar-refractivity contribution in [3.8, 4) is 11.1 Å². The molecule has 1 atom stereocenters. The molecular formula is C21H21N5O2S3. The van der Waals surface area contributed by atoms with Gasteiger partial charge in [0.25, 0.3) is 5.56 Å². The van der Waals surface area contributed by atoms with Crippen LogP contribution in [-0.2, 0) is 11.2 Å². The Morgan fingerprint density at radius 1 is 1.19 bits per heavy atom. The van der Waals surface area contributed by atoms with E-state index in [1.807, 2.05) is 51.1 Å². The molecule has 2 N–H and O–H groups in total. The van der Waals surface area contributed by atoms with E-state index in [2.05, 4.69) is 25.5 Å². The van der Waals surface area contributed by atoms with Gasteiger partial charge in [0.1, 0.15) is 9.84 Å². The summed E-state index contributed by atoms with van der Waals surface area (Å²) in [4.78, 5) is 34.9. The zero-order valence-electron chi connectivity index (χ0n) is 17.3. The minimum Gasteiger partial charge on any atom is -0.301 e. The zero-order valence-corrected chi connectivity index (χ0v) is 19.7. The van der Waals surface area contributed by atoms with Crippen molar-refractivity contribution in [1.29, 1.82) is 0 Å². The van der Waals surface area contributed by atoms with Crippen molar-refractivity contribution >= 4 is 55.7 Å². The SMILES string of the molecule is CCc1nnc(NC(=O)C(CC)Sc2nc3sc(C)c(-c4ccccc4)c3c(=O)[nH]2)s1. The normalized spacial score (nSPS) is 12.2. The molecule has 7 nitrogen and oxygen atoms in total. The minimum absolute atomic E-state index is 0.179. The third-order valence-electron chi connectivity index (χ3n) is 4.70. The fourth-order valence-electron chi connectivity index (χ4n) is 3.20. The van der Waals surface area contributed by atoms with Crippen LogP contribution in [0, 0.1) is 6.92 Å². The lowest BCUT2D eigenvalue weighted by Gasteiger charge is -2.12. The average Bonchev–Trinajstić information content (AvgIpc) is 3.36. The van der Waals surface area contributed by atoms with Gasteiger partial charge in [0.15, 0.2) is 5.16 Å². The van der Waals surface area contributed by atoms with Gasteiger partial charge >= 0.3 is 0 Å². The smallest absolute Gasteiger partial charge is 0.260 e. The highest BCUT2D eigenvalue weighted by Crippen LogP contribution is 2.36. The Morgan fingerprint density at radius 2 is 1.97 bits per heavy atom. The van der Waals surface area contributed by atoms with Crippen LogP contribution in [0.3, 0.4) is 0 Å². The van der Waals surface area contributed by atoms with Crippen molar-refractivity contribution < 1.29 is 4.79 Å². The summed E-state index contributed by atoms with van der Waals surface area (Å²) in [5.41, 5.74) is 1.72. The molecule has 160 valence electrons. The third kappa shape index (κ3) is 4.56. The summed E-state index contributed by atoms with van der Waals surface area (Å²) in [6, 6.07) is 9.84. The summed E-state index contributed by atoms with van der Waals surface area (Å²) in [6.07, 6.45) is 1.35. The van der Waals surface area contributed by atoms with Gasteiger partial charge in [0.05, 0.1) is 10.6 Å². The molecule has 0 aliphatic heterocycles. The number of fused-ring (bicyclic) bond motifs is 1. The van der Waals surface area contributed by atoms with E-state index in [1.54, 1.807) is 0 Å². The molecule has 1 unspecified atom stereocenters. The van der Waals surface area contributed by atoms with Crippen LogP contribution in [0.5, 0.6) is 0 Å². The summed E-state index contributed by atoms with van der Waals surface area (Å²) in [5.74, 6) is -0.179. The molecule has 1 amide bonds. The predicted molar refractivity (Wildman–Crippen MR) is 128 cm³/mol. The first-order valence-electron chi connectivity index (χ1n) is 9.88. The van der Waals surface area contributed by atoms with Crippen LogP contribution in [0.25, 0.3) is 21.3 Å². The van der Waals surface area contributed by atoms with Crippen molar-refractivity contribution in [2.45, 2.75) is 44.0 Å². The van der Waals surface area contributed by atoms with E-state index in [9.17, 15) is 9.59 Å². The fourth-order valence-corrected chi connectivity index (χ4v) is 5.88. The Hall–Kier alpha value is -2.56. The average molecular weight is 472 g/mol. The van der Waals surface area contributed by atoms with Gasteiger partial charge in [0.2, 0.25) is 11.0 Å². The van der Waals surface area contributed by atoms with Crippen LogP contribution in [0.4, 0.5) is 5.13 Å². The number of thiophene rings is 1. The van der Waals surface area contributed by atoms with Crippen molar-refractivity contribution in [1.82, 2.24) is 20.2 Å². The van der Waals surface area contributed by atoms with Gasteiger partial charge in [-0.3, -0.25) is 14.9 Å². The second kappa shape index (κ2) is 9.29. The summed E-state index contributed by atoms with van der Waals surface area (Å²) < 4.78 is 0. The summed E-state index contributed by atoms with van der Waals surface area (Å²) in [6.45, 7) is 5.91. The number of H-pyrrole nitrogens is 1. The quantitative estimate of drug-likeness (QED) is 0.294. The topological polar surface area (TPSA) is 101 Å². The van der Waals surface area contributed by atoms with Crippen molar-refractivity contribution in [2.24, 2.45) is 0 Å². The minimum atomic E-state index is -0.413. The number of anilines is 1. The Balaban J connectivity index is 1.60. The van der Waals surface area contributed by atoms with Crippen LogP contribution < -0.4 is 10.9 Å². The van der Waals surface area contributed by atoms with Gasteiger partial charge in [-0.2, -0.15) is 0 Å². The zero-order chi connectivity index (χ0) is 22.0. The van der Waals surface area contributed by atoms with Gasteiger partial charge in [-0.15, -0.1) is 21.5 Å². The van der Waals surface area contributed by atoms with E-state index in [0.29, 0.717) is 26.9 Å². The molecule has 0 saturated carbocycles. The molecule has 4 rings (SSSR count). The maximum Gasteiger partial charge on any atom is 0.260 e. The molecule has 0 spiro atoms. The number of thioether (sulfide) groups is 1. The molecular weight excluding hydrogens is 450 g/mol. The molecule has 10 heteroatoms. The number of hydrogen-bond acceptors (Lipinski definition) is 8. The lowest BCUT2D eigenvalue weighted by molar-refractivity contribution is -0.115. The van der Waals surface area contributed by atoms with E-state index in [1.165, 1.54) is 34.4 Å². The largest absolute Gasteiger partial charge is 0.301 e. The van der Waals surface area contributed by atoms with E-state index in [0.717, 1.165) is 27.4 Å². The number of nitrogens with one attached hydrogen (secondary N) is 2. The van der Waals surface area contributed by atoms with Crippen molar-refractivity contribution in [2.75, 3.05) is 5.32 Å². The fraction of sp³-hybridized carbons (Fsp3) is 0.286. The highest BCUT2D eigenvalue weighted by atomic mass is 32.2. The molecule has 0 radical (unpaired) electrons. The molecule has 3 aromatic heterocycles. The first-order valence-corrected chi connectivity index (χ1v) is 12.4. The molecule has 1 aromatic carbocycles. The second-order valence-corrected chi connectivity index (χ2v) is 10.3. The molecule has 0 aliphatic carbocycles. The first-order chi connectivity index (χ1) is 15.0. The highest BCUT2D eigenvalue weighted by Gasteiger charge is 2.23. The van der Waals surface area contributed by atoms with Gasteiger partial charge in [-0.1, -0.05) is 67.3 Å². The Bertz CT molecular complexity index is 1280. The summed E-state index contributed by atoms with van der Waals surface area (Å²) >= 11 is 4.11. The number of aromatic nitrogens is 4. The number of aryl methyl sites for hydroxylation is 2. The van der Waals surface area contributed by atoms with E-state index in [-0.39, 0.29) is 11.5 Å². The number of rotatable bonds is 7. The molecule has 0 bridgehead atoms. The maximum atomic E-state index is 13.0. The molecule has 0 aliphatic rings. The predicted octanol–water partition coefficient (Wildman–Crippen LogP) is 4.88. The van der Waals surface area contributed by atoms with Gasteiger partial charge in [-0.25, -0.2) is 4.98 Å². The van der Waals surface area contributed by atoms with Crippen LogP contribution in [0.15, 0.2) is 40.3 Å². The molecule has 31 heavy (non-hydrogen) atoms. The van der Waals surface area contributed by atoms with Crippen LogP contribution >= 0.6 is 34.4 Å². The Kier molecular flexibility index (Phi) is 6.49. The number of nitrogens with zero attached hydrogens (tertiary/aromatic N) is 3. The van der Waals surface area contributed by atoms with Gasteiger partial charge < -0.3 is 4.98 Å². The highest BCUT2D eigenvalue weighted by molar-refractivity contribution is 8.00. The number of amides is 1. The number of benzene rings is 1. The summed E-state index contributed by atoms with van der Waals surface area (Å²) in [5, 5.41) is 12.8. The number of hydrogen-bond donors (Lipinski definition) is 2. The standard InChI is InChI=1S/C21H21N5O2S3/c1-4-13(17(27)22-21-26-25-14(5-2)31-21)30-20-23-18(28)16-15(11(3)29-19(16)24-20)12-9-7-6-8-10-12/h6-10,13H,4-5H2,1-3H3,(H,22,26,27)(H,23,24,28). The first kappa shape index (κ1) is 21.7. The number of carbonyl (C=O) groups is 1. The van der Waals surface area contributed by atoms with Crippen LogP contribution in [0.2, 0.25) is 0 Å². The maximum absolute atomic E-state index is 13.0. The lowest BCUT2D eigenvalue weighted by Crippen LogP contribution is -2.25. The number of carbonyl (C=O) groups excluding carboxylic acids is 1. The van der Waals surface area contributed by atoms with Crippen LogP contribution in [0.1, 0.15) is 30.2 Å². The number of aromatic amines is 1. The molecule has 0 fully saturated rings. The molecule has 3 heterocycles. The van der Waals surface area contributed by atoms with Crippen molar-refractivity contribution in [3.63, 3.8) is 0 Å². The van der Waals surface area contributed by atoms with Gasteiger partial charge in [0, 0.05) is 10.4 Å². The van der Waals surface area contributed by atoms with E-state index in [4.69, 9.17) is 0 Å². The second-order valence-electron chi connectivity index (χ2n) is 6.81. The van der Waals surface area contributed by atoms with Gasteiger partial charge in [-0.05, 0) is 25.3 Å². The molecule has 0 saturated heterocycles. The molecule has 4 aromatic rings. The van der Waals surface area contributed by atoms with Crippen molar-refractivity contribution in [3.05, 3.63) is 50.6 Å². The lowest BCUT2D eigenvalue weighted by atomic mass is 10.0. The van der Waals surface area contributed by atoms with Crippen LogP contribution in [-0.4, -0.2) is 31.3 Å². The van der Waals surface area contributed by atoms with E-state index >= 15 is 0 Å². The van der Waals surface area contributed by atoms with E-state index < -0.39 is 5.25 Å². The Morgan fingerprint density at radius 3 is 2.65 bits per heavy atom.